The predicted molar refractivity (Wildman–Crippen MR) is 199 cm³/mol. The zero-order chi connectivity index (χ0) is 31.4. The van der Waals surface area contributed by atoms with Crippen molar-refractivity contribution in [2.75, 3.05) is 5.32 Å². The molecule has 0 spiro atoms. The monoisotopic (exact) mass is 610 g/mol. The molecular formula is C45H42N2. The van der Waals surface area contributed by atoms with Crippen LogP contribution in [0.25, 0.3) is 23.3 Å². The standard InChI is InChI=1S/C45H42N2/c1-3-13-32(14-4-1)23-30-43(34-16-5-2-6-17-34)46-36-25-27-37(28-26-36)47-44-22-12-11-21-40(44)42-31-35-18-8-9-19-38(35)41-29-24-33-15-7-10-20-39(33)45(41)42/h1-8,10-18,20-22,24-25,27-29,31,33,36,39,43,46-47H,9,19,23,26,30H2. The van der Waals surface area contributed by atoms with E-state index < -0.39 is 0 Å². The molecule has 4 aromatic rings. The average Bonchev–Trinajstić information content (AvgIpc) is 3.14. The molecule has 0 fully saturated rings. The average molecular weight is 611 g/mol. The van der Waals surface area contributed by atoms with Crippen molar-refractivity contribution < 1.29 is 0 Å². The van der Waals surface area contributed by atoms with Crippen molar-refractivity contribution in [1.82, 2.24) is 5.32 Å². The Labute approximate surface area is 279 Å². The Hall–Kier alpha value is -4.92. The summed E-state index contributed by atoms with van der Waals surface area (Å²) in [6.07, 6.45) is 30.9. The molecule has 2 nitrogen and oxygen atoms in total. The van der Waals surface area contributed by atoms with Crippen molar-refractivity contribution in [3.05, 3.63) is 185 Å². The van der Waals surface area contributed by atoms with Gasteiger partial charge in [-0.1, -0.05) is 140 Å². The van der Waals surface area contributed by atoms with Crippen LogP contribution in [0.1, 0.15) is 64.6 Å². The highest BCUT2D eigenvalue weighted by molar-refractivity contribution is 5.88. The van der Waals surface area contributed by atoms with Gasteiger partial charge in [-0.2, -0.15) is 0 Å². The minimum atomic E-state index is 0.283. The Bertz CT molecular complexity index is 1920. The first kappa shape index (κ1) is 29.5. The summed E-state index contributed by atoms with van der Waals surface area (Å²) < 4.78 is 0. The smallest absolute Gasteiger partial charge is 0.0463 e. The van der Waals surface area contributed by atoms with Gasteiger partial charge >= 0.3 is 0 Å². The summed E-state index contributed by atoms with van der Waals surface area (Å²) in [6.45, 7) is 0. The molecule has 0 amide bonds. The van der Waals surface area contributed by atoms with Gasteiger partial charge in [-0.15, -0.1) is 0 Å². The fourth-order valence-electron chi connectivity index (χ4n) is 7.79. The minimum absolute atomic E-state index is 0.283. The van der Waals surface area contributed by atoms with E-state index in [-0.39, 0.29) is 6.04 Å². The van der Waals surface area contributed by atoms with E-state index in [0.717, 1.165) is 43.5 Å². The maximum Gasteiger partial charge on any atom is 0.0463 e. The molecule has 4 atom stereocenters. The van der Waals surface area contributed by atoms with Gasteiger partial charge in [0.1, 0.15) is 0 Å². The van der Waals surface area contributed by atoms with Gasteiger partial charge < -0.3 is 10.6 Å². The second-order valence-corrected chi connectivity index (χ2v) is 13.2. The molecule has 0 aliphatic heterocycles. The van der Waals surface area contributed by atoms with Crippen LogP contribution in [0.3, 0.4) is 0 Å². The fourth-order valence-corrected chi connectivity index (χ4v) is 7.79. The first-order valence-corrected chi connectivity index (χ1v) is 17.3. The number of nitrogens with one attached hydrogen (secondary N) is 2. The largest absolute Gasteiger partial charge is 0.355 e. The lowest BCUT2D eigenvalue weighted by atomic mass is 9.71. The maximum absolute atomic E-state index is 3.97. The van der Waals surface area contributed by atoms with Crippen molar-refractivity contribution in [3.8, 4) is 11.1 Å². The van der Waals surface area contributed by atoms with Gasteiger partial charge in [0.25, 0.3) is 0 Å². The van der Waals surface area contributed by atoms with Crippen LogP contribution in [0.5, 0.6) is 0 Å². The normalized spacial score (nSPS) is 21.0. The molecule has 47 heavy (non-hydrogen) atoms. The van der Waals surface area contributed by atoms with Gasteiger partial charge in [0, 0.05) is 40.9 Å². The number of benzene rings is 4. The van der Waals surface area contributed by atoms with Crippen molar-refractivity contribution >= 4 is 17.8 Å². The first-order valence-electron chi connectivity index (χ1n) is 17.3. The molecule has 8 rings (SSSR count). The highest BCUT2D eigenvalue weighted by atomic mass is 15.0. The number of aryl methyl sites for hydroxylation is 1. The van der Waals surface area contributed by atoms with Gasteiger partial charge in [0.05, 0.1) is 0 Å². The number of fused-ring (bicyclic) bond motifs is 5. The third-order valence-corrected chi connectivity index (χ3v) is 10.2. The summed E-state index contributed by atoms with van der Waals surface area (Å²) in [5, 5.41) is 7.81. The summed E-state index contributed by atoms with van der Waals surface area (Å²) in [5.74, 6) is 0.767. The van der Waals surface area contributed by atoms with Crippen LogP contribution in [0.2, 0.25) is 0 Å². The van der Waals surface area contributed by atoms with Gasteiger partial charge in [0.2, 0.25) is 0 Å². The molecule has 2 heteroatoms. The molecule has 0 saturated carbocycles. The van der Waals surface area contributed by atoms with Crippen LogP contribution in [-0.4, -0.2) is 6.04 Å². The van der Waals surface area contributed by atoms with Crippen LogP contribution in [0.4, 0.5) is 5.69 Å². The fraction of sp³-hybridized carbons (Fsp3) is 0.200. The Kier molecular flexibility index (Phi) is 8.43. The van der Waals surface area contributed by atoms with E-state index in [9.17, 15) is 0 Å². The van der Waals surface area contributed by atoms with E-state index in [1.165, 1.54) is 44.5 Å². The molecule has 232 valence electrons. The lowest BCUT2D eigenvalue weighted by Crippen LogP contribution is -2.32. The SMILES string of the molecule is C1=CC2C=Cc3c4c(cc(-c5ccccc5NC5=CCC(NC(CCc6ccccc6)c6ccccc6)C=C5)c3C2C=C1)C=CCC4. The molecule has 0 saturated heterocycles. The van der Waals surface area contributed by atoms with E-state index >= 15 is 0 Å². The predicted octanol–water partition coefficient (Wildman–Crippen LogP) is 10.8. The van der Waals surface area contributed by atoms with Crippen molar-refractivity contribution in [2.45, 2.75) is 50.1 Å². The Balaban J connectivity index is 1.04. The number of para-hydroxylation sites is 1. The summed E-state index contributed by atoms with van der Waals surface area (Å²) in [4.78, 5) is 0. The van der Waals surface area contributed by atoms with Crippen LogP contribution in [0, 0.1) is 5.92 Å². The highest BCUT2D eigenvalue weighted by Crippen LogP contribution is 2.47. The zero-order valence-corrected chi connectivity index (χ0v) is 26.9. The highest BCUT2D eigenvalue weighted by Gasteiger charge is 2.30. The maximum atomic E-state index is 3.97. The summed E-state index contributed by atoms with van der Waals surface area (Å²) in [7, 11) is 0. The molecule has 0 bridgehead atoms. The molecule has 4 unspecified atom stereocenters. The van der Waals surface area contributed by atoms with E-state index in [4.69, 9.17) is 0 Å². The second-order valence-electron chi connectivity index (χ2n) is 13.2. The lowest BCUT2D eigenvalue weighted by molar-refractivity contribution is 0.457. The number of hydrogen-bond acceptors (Lipinski definition) is 2. The third kappa shape index (κ3) is 6.26. The summed E-state index contributed by atoms with van der Waals surface area (Å²) >= 11 is 0. The lowest BCUT2D eigenvalue weighted by Gasteiger charge is -2.33. The second kappa shape index (κ2) is 13.4. The Morgan fingerprint density at radius 1 is 0.745 bits per heavy atom. The number of anilines is 1. The first-order chi connectivity index (χ1) is 23.3. The molecule has 0 heterocycles. The van der Waals surface area contributed by atoms with Crippen molar-refractivity contribution in [1.29, 1.82) is 0 Å². The number of allylic oxidation sites excluding steroid dienone is 7. The summed E-state index contributed by atoms with van der Waals surface area (Å²) in [5.41, 5.74) is 13.4. The van der Waals surface area contributed by atoms with E-state index in [0.29, 0.717) is 17.9 Å². The van der Waals surface area contributed by atoms with Gasteiger partial charge in [-0.05, 0) is 89.3 Å². The molecule has 0 radical (unpaired) electrons. The van der Waals surface area contributed by atoms with Gasteiger partial charge in [-0.3, -0.25) is 0 Å². The van der Waals surface area contributed by atoms with Gasteiger partial charge in [0.15, 0.2) is 0 Å². The Morgan fingerprint density at radius 3 is 2.40 bits per heavy atom. The summed E-state index contributed by atoms with van der Waals surface area (Å²) in [6, 6.07) is 33.6. The third-order valence-electron chi connectivity index (χ3n) is 10.2. The molecule has 2 N–H and O–H groups in total. The quantitative estimate of drug-likeness (QED) is 0.197. The van der Waals surface area contributed by atoms with E-state index in [1.807, 2.05) is 0 Å². The minimum Gasteiger partial charge on any atom is -0.355 e. The molecule has 0 aromatic heterocycles. The number of rotatable bonds is 9. The number of hydrogen-bond donors (Lipinski definition) is 2. The van der Waals surface area contributed by atoms with E-state index in [2.05, 4.69) is 168 Å². The van der Waals surface area contributed by atoms with Gasteiger partial charge in [-0.25, -0.2) is 0 Å². The molecular weight excluding hydrogens is 569 g/mol. The van der Waals surface area contributed by atoms with E-state index in [1.54, 1.807) is 0 Å². The van der Waals surface area contributed by atoms with Crippen LogP contribution < -0.4 is 10.6 Å². The van der Waals surface area contributed by atoms with Crippen LogP contribution >= 0.6 is 0 Å². The van der Waals surface area contributed by atoms with Crippen LogP contribution in [0.15, 0.2) is 151 Å². The molecule has 4 aliphatic rings. The van der Waals surface area contributed by atoms with Crippen molar-refractivity contribution in [2.24, 2.45) is 5.92 Å². The molecule has 4 aliphatic carbocycles. The van der Waals surface area contributed by atoms with Crippen LogP contribution in [-0.2, 0) is 12.8 Å². The van der Waals surface area contributed by atoms with Crippen molar-refractivity contribution in [3.63, 3.8) is 0 Å². The molecule has 4 aromatic carbocycles. The topological polar surface area (TPSA) is 24.1 Å². The Morgan fingerprint density at radius 2 is 1.55 bits per heavy atom. The zero-order valence-electron chi connectivity index (χ0n) is 26.9.